The van der Waals surface area contributed by atoms with E-state index in [1.165, 1.54) is 19.9 Å². The van der Waals surface area contributed by atoms with E-state index in [-0.39, 0.29) is 10.8 Å². The first kappa shape index (κ1) is 37.0. The summed E-state index contributed by atoms with van der Waals surface area (Å²) >= 11 is -2.75. The van der Waals surface area contributed by atoms with Crippen LogP contribution in [0.2, 0.25) is 28.5 Å². The van der Waals surface area contributed by atoms with E-state index in [0.717, 1.165) is 14.3 Å². The van der Waals surface area contributed by atoms with Gasteiger partial charge >= 0.3 is 254 Å². The molecule has 1 aromatic rings. The Morgan fingerprint density at radius 2 is 1.00 bits per heavy atom. The van der Waals surface area contributed by atoms with Gasteiger partial charge in [-0.15, -0.1) is 0 Å². The predicted molar refractivity (Wildman–Crippen MR) is 166 cm³/mol. The summed E-state index contributed by atoms with van der Waals surface area (Å²) in [5, 5.41) is 0. The van der Waals surface area contributed by atoms with Gasteiger partial charge in [-0.25, -0.2) is 0 Å². The summed E-state index contributed by atoms with van der Waals surface area (Å²) in [6.07, 6.45) is 0. The molecule has 1 rings (SSSR count). The normalized spacial score (nSPS) is 13.5. The number of hydrogen-bond acceptors (Lipinski definition) is 1. The first-order valence-electron chi connectivity index (χ1n) is 14.6. The molecule has 1 nitrogen and oxygen atoms in total. The molecule has 0 amide bonds. The molecule has 206 valence electrons. The van der Waals surface area contributed by atoms with Crippen molar-refractivity contribution in [2.45, 2.75) is 164 Å². The predicted octanol–water partition coefficient (Wildman–Crippen LogP) is 10.7. The summed E-state index contributed by atoms with van der Waals surface area (Å²) in [6, 6.07) is 4.86. The summed E-state index contributed by atoms with van der Waals surface area (Å²) in [7, 11) is 0. The number of hydrogen-bond donors (Lipinski definition) is 0. The summed E-state index contributed by atoms with van der Waals surface area (Å²) < 4.78 is 13.7. The van der Waals surface area contributed by atoms with Crippen LogP contribution in [0.3, 0.4) is 0 Å². The van der Waals surface area contributed by atoms with Crippen molar-refractivity contribution in [2.75, 3.05) is 0 Å². The molecule has 0 spiro atoms. The van der Waals surface area contributed by atoms with E-state index in [4.69, 9.17) is 3.76 Å². The van der Waals surface area contributed by atoms with Crippen LogP contribution in [0.5, 0.6) is 5.75 Å². The molecule has 0 bridgehead atoms. The molecule has 0 saturated heterocycles. The van der Waals surface area contributed by atoms with E-state index >= 15 is 0 Å². The van der Waals surface area contributed by atoms with Crippen LogP contribution >= 0.6 is 0 Å². The number of rotatable bonds is 8. The van der Waals surface area contributed by atoms with Gasteiger partial charge in [-0.05, 0) is 0 Å². The van der Waals surface area contributed by atoms with Gasteiger partial charge in [-0.2, -0.15) is 0 Å². The molecule has 0 aliphatic heterocycles. The van der Waals surface area contributed by atoms with E-state index in [1.54, 1.807) is 0 Å². The van der Waals surface area contributed by atoms with Crippen LogP contribution in [0.1, 0.15) is 136 Å². The average molecular weight is 809 g/mol. The fourth-order valence-electron chi connectivity index (χ4n) is 6.38. The van der Waals surface area contributed by atoms with Crippen LogP contribution in [0, 0.1) is 0 Å². The Labute approximate surface area is 251 Å². The third-order valence-corrected chi connectivity index (χ3v) is 31.7. The molecule has 0 N–H and O–H groups in total. The second-order valence-corrected chi connectivity index (χ2v) is 38.3. The first-order chi connectivity index (χ1) is 16.0. The fraction of sp³-hybridized carbons (Fsp3) is 0.812. The van der Waals surface area contributed by atoms with Crippen molar-refractivity contribution in [3.05, 3.63) is 23.3 Å². The van der Waals surface area contributed by atoms with Gasteiger partial charge in [0.05, 0.1) is 0 Å². The number of benzene rings is 1. The minimum absolute atomic E-state index is 0.142. The summed E-state index contributed by atoms with van der Waals surface area (Å²) in [5.41, 5.74) is 3.23. The molecule has 0 saturated carbocycles. The molecule has 0 atom stereocenters. The topological polar surface area (TPSA) is 9.23 Å². The zero-order chi connectivity index (χ0) is 29.0. The van der Waals surface area contributed by atoms with Gasteiger partial charge in [0, 0.05) is 0 Å². The van der Waals surface area contributed by atoms with E-state index in [2.05, 4.69) is 137 Å². The van der Waals surface area contributed by atoms with Gasteiger partial charge in [-0.3, -0.25) is 0 Å². The fourth-order valence-corrected chi connectivity index (χ4v) is 30.1. The van der Waals surface area contributed by atoms with Crippen LogP contribution in [0.25, 0.3) is 0 Å². The minimum atomic E-state index is -2.56. The Morgan fingerprint density at radius 1 is 0.639 bits per heavy atom. The van der Waals surface area contributed by atoms with Crippen LogP contribution in [0.15, 0.2) is 12.1 Å². The standard InChI is InChI=1S/C23H41GeO.C9H21Ge.Hg/c1-16(2)24(17(3)4,18(5)6)25-21-14-19(22(7,8)9)13-20(15-21)23(10,11)12;1-7(2)10(8(3)4)9(5)6;/h13-14,16-18H,1-12H3;7-9H,1-6H3;. The molecule has 0 fully saturated rings. The quantitative estimate of drug-likeness (QED) is 0.238. The van der Waals surface area contributed by atoms with Crippen molar-refractivity contribution in [3.8, 4) is 5.75 Å². The molecule has 0 aromatic heterocycles. The summed E-state index contributed by atoms with van der Waals surface area (Å²) in [4.78, 5) is 0. The molecule has 1 aromatic carbocycles. The van der Waals surface area contributed by atoms with E-state index in [9.17, 15) is 0 Å². The molecular weight excluding hydrogens is 746 g/mol. The van der Waals surface area contributed by atoms with Crippen molar-refractivity contribution < 1.29 is 29.9 Å². The van der Waals surface area contributed by atoms with Gasteiger partial charge < -0.3 is 0 Å². The summed E-state index contributed by atoms with van der Waals surface area (Å²) in [6.45, 7) is 42.8. The molecular formula is C32H62Ge2HgO. The maximum absolute atomic E-state index is 7.22. The van der Waals surface area contributed by atoms with Gasteiger partial charge in [0.25, 0.3) is 0 Å². The second-order valence-electron chi connectivity index (χ2n) is 14.9. The van der Waals surface area contributed by atoms with Gasteiger partial charge in [-0.1, -0.05) is 0 Å². The molecule has 0 aliphatic rings. The van der Waals surface area contributed by atoms with E-state index in [0.29, 0.717) is 40.4 Å². The van der Waals surface area contributed by atoms with Crippen LogP contribution < -0.4 is 6.84 Å². The Morgan fingerprint density at radius 3 is 1.22 bits per heavy atom. The van der Waals surface area contributed by atoms with Crippen LogP contribution in [-0.2, 0) is 37.0 Å². The Balaban J connectivity index is 0.00000103. The van der Waals surface area contributed by atoms with Gasteiger partial charge in [0.15, 0.2) is 0 Å². The van der Waals surface area contributed by atoms with Gasteiger partial charge in [0.2, 0.25) is 0 Å². The molecule has 0 unspecified atom stereocenters. The zero-order valence-corrected chi connectivity index (χ0v) is 37.4. The third kappa shape index (κ3) is 9.90. The van der Waals surface area contributed by atoms with Crippen LogP contribution in [0.4, 0.5) is 0 Å². The van der Waals surface area contributed by atoms with Crippen molar-refractivity contribution in [1.29, 1.82) is 0 Å². The maximum atomic E-state index is 7.22. The third-order valence-electron chi connectivity index (χ3n) is 7.88. The summed E-state index contributed by atoms with van der Waals surface area (Å²) in [5.74, 6) is 1.24. The van der Waals surface area contributed by atoms with Gasteiger partial charge in [0.1, 0.15) is 0 Å². The Hall–Kier alpha value is 1.04. The van der Waals surface area contributed by atoms with E-state index in [1.807, 2.05) is 0 Å². The van der Waals surface area contributed by atoms with Crippen molar-refractivity contribution in [2.24, 2.45) is 0 Å². The monoisotopic (exact) mass is 812 g/mol. The van der Waals surface area contributed by atoms with Crippen molar-refractivity contribution >= 4 is 31.0 Å². The zero-order valence-electron chi connectivity index (χ0n) is 27.7. The molecule has 4 heteroatoms. The molecule has 0 heterocycles. The van der Waals surface area contributed by atoms with Crippen molar-refractivity contribution in [1.82, 2.24) is 0 Å². The average Bonchev–Trinajstić information content (AvgIpc) is 2.63. The Kier molecular flexibility index (Phi) is 15.0. The Bertz CT molecular complexity index is 755. The second kappa shape index (κ2) is 14.6. The molecule has 36 heavy (non-hydrogen) atoms. The molecule has 1 radical (unpaired) electrons. The SMILES string of the molecule is C[CH](C)[Ge]([CH](C)C)[CH](C)C.C[CH](C)[Ge]([O]c1cc(C(C)(C)C)cc(C(C)(C)C)[c]1[Hg])([CH](C)C)[CH](C)C. The van der Waals surface area contributed by atoms with E-state index < -0.39 is 28.0 Å². The van der Waals surface area contributed by atoms with Crippen LogP contribution in [-0.4, -0.2) is 28.0 Å². The first-order valence-corrected chi connectivity index (χ1v) is 25.5. The van der Waals surface area contributed by atoms with Crippen molar-refractivity contribution in [3.63, 3.8) is 0 Å². The molecule has 0 aliphatic carbocycles.